The van der Waals surface area contributed by atoms with Crippen molar-refractivity contribution >= 4 is 35.0 Å². The summed E-state index contributed by atoms with van der Waals surface area (Å²) in [5, 5.41) is 15.5. The zero-order valence-corrected chi connectivity index (χ0v) is 26.3. The van der Waals surface area contributed by atoms with Crippen LogP contribution in [0.1, 0.15) is 75.6 Å². The fourth-order valence-electron chi connectivity index (χ4n) is 6.32. The SMILES string of the molecule is O=C(Nc1ccc(N2CCCCC2)cc1-c1cc(C(=O)NC2CCCc3ccccc32)ccn1)c1cccc(CSCCO)c1. The highest BCUT2D eigenvalue weighted by atomic mass is 32.2. The van der Waals surface area contributed by atoms with Crippen LogP contribution in [0, 0.1) is 0 Å². The van der Waals surface area contributed by atoms with Crippen LogP contribution in [0.3, 0.4) is 0 Å². The number of nitrogens with zero attached hydrogens (tertiary/aromatic N) is 2. The van der Waals surface area contributed by atoms with E-state index in [1.54, 1.807) is 24.0 Å². The van der Waals surface area contributed by atoms with Gasteiger partial charge in [0.1, 0.15) is 0 Å². The summed E-state index contributed by atoms with van der Waals surface area (Å²) in [6.07, 6.45) is 8.20. The number of hydrogen-bond donors (Lipinski definition) is 3. The number of benzene rings is 3. The molecule has 7 nitrogen and oxygen atoms in total. The number of rotatable bonds is 10. The predicted molar refractivity (Wildman–Crippen MR) is 183 cm³/mol. The number of hydrogen-bond acceptors (Lipinski definition) is 6. The van der Waals surface area contributed by atoms with E-state index in [0.717, 1.165) is 67.8 Å². The molecule has 1 aliphatic carbocycles. The molecule has 0 radical (unpaired) electrons. The van der Waals surface area contributed by atoms with Gasteiger partial charge in [-0.15, -0.1) is 0 Å². The number of amides is 2. The number of piperidine rings is 1. The number of aromatic nitrogens is 1. The largest absolute Gasteiger partial charge is 0.396 e. The summed E-state index contributed by atoms with van der Waals surface area (Å²) in [6.45, 7) is 2.11. The van der Waals surface area contributed by atoms with Gasteiger partial charge in [0.25, 0.3) is 11.8 Å². The van der Waals surface area contributed by atoms with E-state index in [1.165, 1.54) is 17.5 Å². The van der Waals surface area contributed by atoms with Crippen LogP contribution in [0.4, 0.5) is 11.4 Å². The minimum Gasteiger partial charge on any atom is -0.396 e. The molecule has 0 saturated carbocycles. The topological polar surface area (TPSA) is 94.6 Å². The lowest BCUT2D eigenvalue weighted by atomic mass is 9.87. The lowest BCUT2D eigenvalue weighted by Crippen LogP contribution is -2.31. The van der Waals surface area contributed by atoms with Crippen LogP contribution in [0.15, 0.2) is 85.1 Å². The molecule has 8 heteroatoms. The smallest absolute Gasteiger partial charge is 0.255 e. The second kappa shape index (κ2) is 14.8. The standard InChI is InChI=1S/C37H40N4O3S/c42-20-21-45-25-26-8-6-11-28(22-26)36(43)40-34-15-14-30(41-18-4-1-5-19-41)24-32(34)35-23-29(16-17-38-35)37(44)39-33-13-7-10-27-9-2-3-12-31(27)33/h2-3,6,8-9,11-12,14-17,22-24,33,42H,1,4-5,7,10,13,18-21,25H2,(H,39,44)(H,40,43). The minimum absolute atomic E-state index is 0.0193. The van der Waals surface area contributed by atoms with E-state index < -0.39 is 0 Å². The summed E-state index contributed by atoms with van der Waals surface area (Å²) in [6, 6.07) is 25.6. The molecule has 1 aliphatic heterocycles. The van der Waals surface area contributed by atoms with Gasteiger partial charge < -0.3 is 20.6 Å². The Morgan fingerprint density at radius 3 is 2.60 bits per heavy atom. The van der Waals surface area contributed by atoms with Crippen LogP contribution in [0.5, 0.6) is 0 Å². The molecule has 4 aromatic rings. The number of aliphatic hydroxyl groups is 1. The van der Waals surface area contributed by atoms with E-state index >= 15 is 0 Å². The van der Waals surface area contributed by atoms with E-state index in [-0.39, 0.29) is 24.5 Å². The van der Waals surface area contributed by atoms with Crippen molar-refractivity contribution in [2.24, 2.45) is 0 Å². The Kier molecular flexibility index (Phi) is 10.1. The fourth-order valence-corrected chi connectivity index (χ4v) is 7.01. The third-order valence-electron chi connectivity index (χ3n) is 8.64. The Hall–Kier alpha value is -4.14. The molecule has 45 heavy (non-hydrogen) atoms. The number of anilines is 2. The minimum atomic E-state index is -0.208. The van der Waals surface area contributed by atoms with Gasteiger partial charge in [0.15, 0.2) is 0 Å². The van der Waals surface area contributed by atoms with Crippen molar-refractivity contribution in [2.75, 3.05) is 35.7 Å². The number of nitrogens with one attached hydrogen (secondary N) is 2. The van der Waals surface area contributed by atoms with Crippen molar-refractivity contribution < 1.29 is 14.7 Å². The van der Waals surface area contributed by atoms with Crippen LogP contribution in [0.25, 0.3) is 11.3 Å². The van der Waals surface area contributed by atoms with Gasteiger partial charge in [-0.3, -0.25) is 14.6 Å². The molecule has 3 N–H and O–H groups in total. The predicted octanol–water partition coefficient (Wildman–Crippen LogP) is 7.02. The number of fused-ring (bicyclic) bond motifs is 1. The summed E-state index contributed by atoms with van der Waals surface area (Å²) in [4.78, 5) is 34.1. The Bertz CT molecular complexity index is 1650. The van der Waals surface area contributed by atoms with E-state index in [9.17, 15) is 9.59 Å². The molecular weight excluding hydrogens is 580 g/mol. The Balaban J connectivity index is 1.28. The van der Waals surface area contributed by atoms with Crippen molar-refractivity contribution in [1.82, 2.24) is 10.3 Å². The van der Waals surface area contributed by atoms with Crippen molar-refractivity contribution in [3.63, 3.8) is 0 Å². The number of aliphatic hydroxyl groups excluding tert-OH is 1. The van der Waals surface area contributed by atoms with Gasteiger partial charge in [0.2, 0.25) is 0 Å². The van der Waals surface area contributed by atoms with Gasteiger partial charge >= 0.3 is 0 Å². The average molecular weight is 621 g/mol. The molecule has 1 fully saturated rings. The monoisotopic (exact) mass is 620 g/mol. The van der Waals surface area contributed by atoms with Crippen LogP contribution in [0.2, 0.25) is 0 Å². The zero-order chi connectivity index (χ0) is 31.0. The summed E-state index contributed by atoms with van der Waals surface area (Å²) in [5.74, 6) is 1.04. The van der Waals surface area contributed by atoms with Crippen LogP contribution < -0.4 is 15.5 Å². The summed E-state index contributed by atoms with van der Waals surface area (Å²) in [7, 11) is 0. The highest BCUT2D eigenvalue weighted by molar-refractivity contribution is 7.98. The number of aryl methyl sites for hydroxylation is 1. The highest BCUT2D eigenvalue weighted by Gasteiger charge is 2.23. The lowest BCUT2D eigenvalue weighted by Gasteiger charge is -2.29. The summed E-state index contributed by atoms with van der Waals surface area (Å²) in [5.41, 5.74) is 7.77. The third-order valence-corrected chi connectivity index (χ3v) is 9.65. The van der Waals surface area contributed by atoms with E-state index in [4.69, 9.17) is 5.11 Å². The number of pyridine rings is 1. The zero-order valence-electron chi connectivity index (χ0n) is 25.5. The van der Waals surface area contributed by atoms with Gasteiger partial charge in [0, 0.05) is 53.2 Å². The van der Waals surface area contributed by atoms with Crippen molar-refractivity contribution in [2.45, 2.75) is 50.3 Å². The first-order valence-electron chi connectivity index (χ1n) is 15.9. The van der Waals surface area contributed by atoms with Crippen molar-refractivity contribution in [1.29, 1.82) is 0 Å². The van der Waals surface area contributed by atoms with Gasteiger partial charge in [-0.1, -0.05) is 36.4 Å². The maximum Gasteiger partial charge on any atom is 0.255 e. The number of thioether (sulfide) groups is 1. The van der Waals surface area contributed by atoms with Crippen LogP contribution in [-0.2, 0) is 12.2 Å². The van der Waals surface area contributed by atoms with Gasteiger partial charge in [-0.05, 0) is 97.7 Å². The Morgan fingerprint density at radius 1 is 0.889 bits per heavy atom. The van der Waals surface area contributed by atoms with Crippen LogP contribution in [-0.4, -0.2) is 47.4 Å². The second-order valence-electron chi connectivity index (χ2n) is 11.8. The van der Waals surface area contributed by atoms with Gasteiger partial charge in [-0.25, -0.2) is 0 Å². The first kappa shape index (κ1) is 30.9. The summed E-state index contributed by atoms with van der Waals surface area (Å²) >= 11 is 1.63. The molecule has 1 saturated heterocycles. The molecule has 1 aromatic heterocycles. The molecule has 1 unspecified atom stereocenters. The molecule has 3 aromatic carbocycles. The van der Waals surface area contributed by atoms with E-state index in [0.29, 0.717) is 28.3 Å². The molecule has 2 amide bonds. The third kappa shape index (κ3) is 7.57. The molecular formula is C37H40N4O3S. The lowest BCUT2D eigenvalue weighted by molar-refractivity contribution is 0.0932. The second-order valence-corrected chi connectivity index (χ2v) is 12.9. The molecule has 0 bridgehead atoms. The summed E-state index contributed by atoms with van der Waals surface area (Å²) < 4.78 is 0. The van der Waals surface area contributed by atoms with Crippen molar-refractivity contribution in [3.05, 3.63) is 113 Å². The van der Waals surface area contributed by atoms with Gasteiger partial charge in [-0.2, -0.15) is 11.8 Å². The quantitative estimate of drug-likeness (QED) is 0.165. The number of carbonyl (C=O) groups excluding carboxylic acids is 2. The molecule has 0 spiro atoms. The molecule has 2 aliphatic rings. The van der Waals surface area contributed by atoms with Gasteiger partial charge in [0.05, 0.1) is 24.0 Å². The normalized spacial score (nSPS) is 16.1. The molecule has 1 atom stereocenters. The fraction of sp³-hybridized carbons (Fsp3) is 0.324. The molecule has 6 rings (SSSR count). The average Bonchev–Trinajstić information content (AvgIpc) is 3.09. The molecule has 232 valence electrons. The highest BCUT2D eigenvalue weighted by Crippen LogP contribution is 2.34. The Labute approximate surface area is 269 Å². The maximum absolute atomic E-state index is 13.6. The first-order chi connectivity index (χ1) is 22.1. The van der Waals surface area contributed by atoms with E-state index in [2.05, 4.69) is 50.8 Å². The number of carbonyl (C=O) groups is 2. The Morgan fingerprint density at radius 2 is 1.73 bits per heavy atom. The molecule has 2 heterocycles. The van der Waals surface area contributed by atoms with Crippen LogP contribution >= 0.6 is 11.8 Å². The maximum atomic E-state index is 13.6. The first-order valence-corrected chi connectivity index (χ1v) is 17.1. The van der Waals surface area contributed by atoms with Crippen molar-refractivity contribution in [3.8, 4) is 11.3 Å². The van der Waals surface area contributed by atoms with E-state index in [1.807, 2.05) is 42.5 Å².